The zero-order valence-electron chi connectivity index (χ0n) is 11.6. The Kier molecular flexibility index (Phi) is 4.77. The molecule has 0 atom stereocenters. The molecular weight excluding hydrogens is 273 g/mol. The van der Waals surface area contributed by atoms with Crippen LogP contribution >= 0.6 is 0 Å². The van der Waals surface area contributed by atoms with Crippen LogP contribution < -0.4 is 10.1 Å². The van der Waals surface area contributed by atoms with Gasteiger partial charge in [-0.1, -0.05) is 12.1 Å². The number of anilines is 1. The molecule has 0 aliphatic rings. The number of benzene rings is 2. The molecule has 0 spiro atoms. The van der Waals surface area contributed by atoms with E-state index in [1.165, 1.54) is 12.1 Å². The molecule has 2 rings (SSSR count). The van der Waals surface area contributed by atoms with Gasteiger partial charge in [-0.2, -0.15) is 0 Å². The van der Waals surface area contributed by atoms with Crippen molar-refractivity contribution in [2.75, 3.05) is 12.4 Å². The maximum absolute atomic E-state index is 13.5. The van der Waals surface area contributed by atoms with Crippen molar-refractivity contribution in [3.05, 3.63) is 53.8 Å². The number of hydrogen-bond donors (Lipinski definition) is 2. The molecule has 0 fully saturated rings. The van der Waals surface area contributed by atoms with Gasteiger partial charge in [0.15, 0.2) is 0 Å². The molecule has 2 aromatic rings. The van der Waals surface area contributed by atoms with E-state index in [0.29, 0.717) is 6.42 Å². The van der Waals surface area contributed by atoms with E-state index in [-0.39, 0.29) is 23.8 Å². The summed E-state index contributed by atoms with van der Waals surface area (Å²) in [6.45, 7) is 0. The maximum atomic E-state index is 13.5. The van der Waals surface area contributed by atoms with Gasteiger partial charge in [-0.25, -0.2) is 4.39 Å². The van der Waals surface area contributed by atoms with E-state index in [2.05, 4.69) is 5.32 Å². The lowest BCUT2D eigenvalue weighted by Crippen LogP contribution is -2.13. The molecule has 4 nitrogen and oxygen atoms in total. The quantitative estimate of drug-likeness (QED) is 0.831. The third-order valence-corrected chi connectivity index (χ3v) is 3.03. The molecule has 110 valence electrons. The Morgan fingerprint density at radius 2 is 1.95 bits per heavy atom. The molecule has 0 saturated carbocycles. The number of hydrogen-bond acceptors (Lipinski definition) is 3. The van der Waals surface area contributed by atoms with Crippen LogP contribution in [0, 0.1) is 5.82 Å². The number of phenolic OH excluding ortho intramolecular Hbond substituents is 1. The molecule has 0 aliphatic heterocycles. The van der Waals surface area contributed by atoms with E-state index in [9.17, 15) is 9.18 Å². The SMILES string of the molecule is COc1ccc(CCC(=O)Nc2ccc(O)cc2F)cc1. The van der Waals surface area contributed by atoms with Gasteiger partial charge in [-0.15, -0.1) is 0 Å². The average Bonchev–Trinajstić information content (AvgIpc) is 2.48. The standard InChI is InChI=1S/C16H16FNO3/c1-21-13-6-2-11(3-7-13)4-9-16(20)18-15-8-5-12(19)10-14(15)17/h2-3,5-8,10,19H,4,9H2,1H3,(H,18,20). The van der Waals surface area contributed by atoms with Crippen LogP contribution in [-0.4, -0.2) is 18.1 Å². The molecule has 1 amide bonds. The van der Waals surface area contributed by atoms with Crippen LogP contribution in [0.4, 0.5) is 10.1 Å². The minimum atomic E-state index is -0.659. The van der Waals surface area contributed by atoms with E-state index < -0.39 is 5.82 Å². The number of carbonyl (C=O) groups excluding carboxylic acids is 1. The molecule has 0 saturated heterocycles. The smallest absolute Gasteiger partial charge is 0.224 e. The highest BCUT2D eigenvalue weighted by atomic mass is 19.1. The fourth-order valence-electron chi connectivity index (χ4n) is 1.87. The summed E-state index contributed by atoms with van der Waals surface area (Å²) < 4.78 is 18.5. The predicted octanol–water partition coefficient (Wildman–Crippen LogP) is 3.11. The van der Waals surface area contributed by atoms with Gasteiger partial charge in [-0.05, 0) is 36.2 Å². The van der Waals surface area contributed by atoms with E-state index in [4.69, 9.17) is 9.84 Å². The zero-order chi connectivity index (χ0) is 15.2. The number of methoxy groups -OCH3 is 1. The monoisotopic (exact) mass is 289 g/mol. The van der Waals surface area contributed by atoms with Crippen LogP contribution in [0.1, 0.15) is 12.0 Å². The molecule has 0 aliphatic carbocycles. The van der Waals surface area contributed by atoms with Crippen LogP contribution in [0.5, 0.6) is 11.5 Å². The van der Waals surface area contributed by atoms with Crippen LogP contribution in [0.25, 0.3) is 0 Å². The van der Waals surface area contributed by atoms with Crippen molar-refractivity contribution in [1.82, 2.24) is 0 Å². The summed E-state index contributed by atoms with van der Waals surface area (Å²) in [5, 5.41) is 11.6. The van der Waals surface area contributed by atoms with Gasteiger partial charge in [-0.3, -0.25) is 4.79 Å². The predicted molar refractivity (Wildman–Crippen MR) is 78.0 cm³/mol. The summed E-state index contributed by atoms with van der Waals surface area (Å²) in [4.78, 5) is 11.8. The fourth-order valence-corrected chi connectivity index (χ4v) is 1.87. The lowest BCUT2D eigenvalue weighted by Gasteiger charge is -2.07. The minimum absolute atomic E-state index is 0.0625. The molecule has 5 heteroatoms. The van der Waals surface area contributed by atoms with Crippen molar-refractivity contribution in [3.8, 4) is 11.5 Å². The van der Waals surface area contributed by atoms with Crippen molar-refractivity contribution in [2.45, 2.75) is 12.8 Å². The Labute approximate surface area is 122 Å². The van der Waals surface area contributed by atoms with E-state index in [0.717, 1.165) is 17.4 Å². The largest absolute Gasteiger partial charge is 0.508 e. The molecule has 0 heterocycles. The van der Waals surface area contributed by atoms with Crippen LogP contribution in [0.15, 0.2) is 42.5 Å². The molecular formula is C16H16FNO3. The molecule has 0 radical (unpaired) electrons. The van der Waals surface area contributed by atoms with Gasteiger partial charge in [0, 0.05) is 12.5 Å². The summed E-state index contributed by atoms with van der Waals surface area (Å²) in [7, 11) is 1.59. The molecule has 21 heavy (non-hydrogen) atoms. The third-order valence-electron chi connectivity index (χ3n) is 3.03. The number of aromatic hydroxyl groups is 1. The summed E-state index contributed by atoms with van der Waals surface area (Å²) in [6.07, 6.45) is 0.794. The van der Waals surface area contributed by atoms with Gasteiger partial charge >= 0.3 is 0 Å². The molecule has 0 aromatic heterocycles. The third kappa shape index (κ3) is 4.21. The highest BCUT2D eigenvalue weighted by Crippen LogP contribution is 2.19. The molecule has 2 N–H and O–H groups in total. The fraction of sp³-hybridized carbons (Fsp3) is 0.188. The summed E-state index contributed by atoms with van der Waals surface area (Å²) in [6, 6.07) is 11.0. The van der Waals surface area contributed by atoms with E-state index in [1.54, 1.807) is 7.11 Å². The van der Waals surface area contributed by atoms with E-state index >= 15 is 0 Å². The average molecular weight is 289 g/mol. The first kappa shape index (κ1) is 14.8. The Morgan fingerprint density at radius 1 is 1.24 bits per heavy atom. The van der Waals surface area contributed by atoms with Gasteiger partial charge in [0.25, 0.3) is 0 Å². The summed E-state index contributed by atoms with van der Waals surface area (Å²) in [5.41, 5.74) is 1.06. The lowest BCUT2D eigenvalue weighted by molar-refractivity contribution is -0.116. The van der Waals surface area contributed by atoms with E-state index in [1.807, 2.05) is 24.3 Å². The van der Waals surface area contributed by atoms with Crippen molar-refractivity contribution >= 4 is 11.6 Å². The second kappa shape index (κ2) is 6.74. The Morgan fingerprint density at radius 3 is 2.57 bits per heavy atom. The number of halogens is 1. The maximum Gasteiger partial charge on any atom is 0.224 e. The van der Waals surface area contributed by atoms with Crippen molar-refractivity contribution in [1.29, 1.82) is 0 Å². The minimum Gasteiger partial charge on any atom is -0.508 e. The topological polar surface area (TPSA) is 58.6 Å². The summed E-state index contributed by atoms with van der Waals surface area (Å²) >= 11 is 0. The number of amides is 1. The first-order chi connectivity index (χ1) is 10.1. The van der Waals surface area contributed by atoms with Crippen LogP contribution in [0.2, 0.25) is 0 Å². The highest BCUT2D eigenvalue weighted by Gasteiger charge is 2.08. The number of nitrogens with one attached hydrogen (secondary N) is 1. The molecule has 0 bridgehead atoms. The second-order valence-corrected chi connectivity index (χ2v) is 4.56. The number of ether oxygens (including phenoxy) is 1. The van der Waals surface area contributed by atoms with Crippen molar-refractivity contribution < 1.29 is 19.0 Å². The van der Waals surface area contributed by atoms with Crippen molar-refractivity contribution in [3.63, 3.8) is 0 Å². The number of carbonyl (C=O) groups is 1. The summed E-state index contributed by atoms with van der Waals surface area (Å²) in [5.74, 6) is -0.360. The first-order valence-electron chi connectivity index (χ1n) is 6.50. The van der Waals surface area contributed by atoms with Gasteiger partial charge in [0.2, 0.25) is 5.91 Å². The second-order valence-electron chi connectivity index (χ2n) is 4.56. The van der Waals surface area contributed by atoms with Gasteiger partial charge < -0.3 is 15.2 Å². The van der Waals surface area contributed by atoms with Gasteiger partial charge in [0.05, 0.1) is 12.8 Å². The lowest BCUT2D eigenvalue weighted by atomic mass is 10.1. The van der Waals surface area contributed by atoms with Crippen LogP contribution in [0.3, 0.4) is 0 Å². The molecule has 0 unspecified atom stereocenters. The Hall–Kier alpha value is -2.56. The first-order valence-corrected chi connectivity index (χ1v) is 6.50. The number of phenols is 1. The Balaban J connectivity index is 1.89. The highest BCUT2D eigenvalue weighted by molar-refractivity contribution is 5.91. The van der Waals surface area contributed by atoms with Gasteiger partial charge in [0.1, 0.15) is 17.3 Å². The normalized spacial score (nSPS) is 10.2. The van der Waals surface area contributed by atoms with Crippen LogP contribution in [-0.2, 0) is 11.2 Å². The Bertz CT molecular complexity index is 626. The number of aryl methyl sites for hydroxylation is 1. The zero-order valence-corrected chi connectivity index (χ0v) is 11.6. The number of rotatable bonds is 5. The van der Waals surface area contributed by atoms with Crippen molar-refractivity contribution in [2.24, 2.45) is 0 Å². The molecule has 2 aromatic carbocycles.